The summed E-state index contributed by atoms with van der Waals surface area (Å²) >= 11 is 0. The molecule has 0 fully saturated rings. The van der Waals surface area contributed by atoms with Gasteiger partial charge in [0, 0.05) is 13.2 Å². The van der Waals surface area contributed by atoms with Crippen LogP contribution in [0.2, 0.25) is 0 Å². The van der Waals surface area contributed by atoms with Gasteiger partial charge in [-0.25, -0.2) is 0 Å². The van der Waals surface area contributed by atoms with Crippen LogP contribution < -0.4 is 5.32 Å². The van der Waals surface area contributed by atoms with E-state index in [1.807, 2.05) is 0 Å². The number of hydrogen-bond donors (Lipinski definition) is 1. The molecule has 0 radical (unpaired) electrons. The van der Waals surface area contributed by atoms with E-state index >= 15 is 0 Å². The van der Waals surface area contributed by atoms with E-state index in [4.69, 9.17) is 4.74 Å². The van der Waals surface area contributed by atoms with E-state index in [1.54, 1.807) is 7.11 Å². The fourth-order valence-electron chi connectivity index (χ4n) is 1.92. The van der Waals surface area contributed by atoms with Crippen LogP contribution >= 0.6 is 0 Å². The summed E-state index contributed by atoms with van der Waals surface area (Å²) in [6.45, 7) is 12.2. The van der Waals surface area contributed by atoms with Crippen molar-refractivity contribution in [3.63, 3.8) is 0 Å². The second-order valence-electron chi connectivity index (χ2n) is 5.91. The second kappa shape index (κ2) is 8.08. The number of ether oxygens (including phenoxy) is 1. The number of unbranched alkanes of at least 4 members (excludes halogenated alkanes) is 1. The maximum Gasteiger partial charge on any atom is 0.0637 e. The molecule has 0 amide bonds. The Morgan fingerprint density at radius 1 is 1.12 bits per heavy atom. The Morgan fingerprint density at radius 2 is 1.75 bits per heavy atom. The largest absolute Gasteiger partial charge is 0.379 e. The van der Waals surface area contributed by atoms with Gasteiger partial charge in [0.15, 0.2) is 0 Å². The van der Waals surface area contributed by atoms with Gasteiger partial charge >= 0.3 is 0 Å². The topological polar surface area (TPSA) is 21.3 Å². The fraction of sp³-hybridized carbons (Fsp3) is 1.00. The van der Waals surface area contributed by atoms with Crippen molar-refractivity contribution in [1.82, 2.24) is 5.32 Å². The standard InChI is InChI=1S/C14H31NO/c1-12(2)9-7-8-10-15-13(3)11-14(4,5)16-6/h12-13,15H,7-11H2,1-6H3. The molecule has 16 heavy (non-hydrogen) atoms. The third-order valence-corrected chi connectivity index (χ3v) is 3.05. The zero-order chi connectivity index (χ0) is 12.6. The van der Waals surface area contributed by atoms with Crippen LogP contribution in [-0.2, 0) is 4.74 Å². The molecule has 0 aliphatic heterocycles. The molecular weight excluding hydrogens is 198 g/mol. The summed E-state index contributed by atoms with van der Waals surface area (Å²) in [5, 5.41) is 3.57. The predicted octanol–water partition coefficient (Wildman–Crippen LogP) is 3.61. The summed E-state index contributed by atoms with van der Waals surface area (Å²) in [7, 11) is 1.79. The van der Waals surface area contributed by atoms with Gasteiger partial charge in [-0.2, -0.15) is 0 Å². The van der Waals surface area contributed by atoms with E-state index < -0.39 is 0 Å². The maximum absolute atomic E-state index is 5.43. The van der Waals surface area contributed by atoms with Crippen molar-refractivity contribution in [2.75, 3.05) is 13.7 Å². The molecule has 0 aromatic heterocycles. The van der Waals surface area contributed by atoms with Crippen molar-refractivity contribution in [3.05, 3.63) is 0 Å². The van der Waals surface area contributed by atoms with Gasteiger partial charge in [-0.1, -0.05) is 26.7 Å². The second-order valence-corrected chi connectivity index (χ2v) is 5.91. The van der Waals surface area contributed by atoms with Crippen LogP contribution in [0.3, 0.4) is 0 Å². The van der Waals surface area contributed by atoms with E-state index in [0.717, 1.165) is 18.9 Å². The number of hydrogen-bond acceptors (Lipinski definition) is 2. The van der Waals surface area contributed by atoms with Crippen LogP contribution in [0.15, 0.2) is 0 Å². The van der Waals surface area contributed by atoms with Gasteiger partial charge in [0.25, 0.3) is 0 Å². The normalized spacial score (nSPS) is 14.4. The molecule has 0 aromatic rings. The lowest BCUT2D eigenvalue weighted by atomic mass is 9.99. The van der Waals surface area contributed by atoms with Gasteiger partial charge in [-0.05, 0) is 46.1 Å². The van der Waals surface area contributed by atoms with Crippen LogP contribution in [0.4, 0.5) is 0 Å². The molecule has 0 aromatic carbocycles. The molecular formula is C14H31NO. The molecule has 0 saturated carbocycles. The van der Waals surface area contributed by atoms with E-state index in [9.17, 15) is 0 Å². The van der Waals surface area contributed by atoms with Gasteiger partial charge in [-0.15, -0.1) is 0 Å². The summed E-state index contributed by atoms with van der Waals surface area (Å²) in [5.41, 5.74) is -0.00957. The molecule has 1 atom stereocenters. The first-order chi connectivity index (χ1) is 7.37. The highest BCUT2D eigenvalue weighted by molar-refractivity contribution is 4.75. The Balaban J connectivity index is 3.47. The first-order valence-corrected chi connectivity index (χ1v) is 6.66. The molecule has 0 saturated heterocycles. The Morgan fingerprint density at radius 3 is 2.25 bits per heavy atom. The van der Waals surface area contributed by atoms with Gasteiger partial charge in [0.05, 0.1) is 5.60 Å². The zero-order valence-corrected chi connectivity index (χ0v) is 12.1. The molecule has 1 unspecified atom stereocenters. The summed E-state index contributed by atoms with van der Waals surface area (Å²) in [4.78, 5) is 0. The van der Waals surface area contributed by atoms with E-state index in [1.165, 1.54) is 19.3 Å². The lowest BCUT2D eigenvalue weighted by molar-refractivity contribution is 0.00859. The Labute approximate surface area is 102 Å². The lowest BCUT2D eigenvalue weighted by Gasteiger charge is -2.27. The predicted molar refractivity (Wildman–Crippen MR) is 71.9 cm³/mol. The van der Waals surface area contributed by atoms with Crippen molar-refractivity contribution < 1.29 is 4.74 Å². The fourth-order valence-corrected chi connectivity index (χ4v) is 1.92. The average molecular weight is 229 g/mol. The Kier molecular flexibility index (Phi) is 8.04. The minimum absolute atomic E-state index is 0.00957. The van der Waals surface area contributed by atoms with Crippen LogP contribution in [0, 0.1) is 5.92 Å². The minimum Gasteiger partial charge on any atom is -0.379 e. The van der Waals surface area contributed by atoms with Crippen molar-refractivity contribution in [1.29, 1.82) is 0 Å². The maximum atomic E-state index is 5.43. The van der Waals surface area contributed by atoms with Crippen molar-refractivity contribution in [2.45, 2.75) is 71.9 Å². The highest BCUT2D eigenvalue weighted by Gasteiger charge is 2.19. The summed E-state index contributed by atoms with van der Waals surface area (Å²) in [6.07, 6.45) is 5.04. The van der Waals surface area contributed by atoms with Gasteiger partial charge in [-0.3, -0.25) is 0 Å². The van der Waals surface area contributed by atoms with Gasteiger partial charge < -0.3 is 10.1 Å². The number of nitrogens with one attached hydrogen (secondary N) is 1. The van der Waals surface area contributed by atoms with Gasteiger partial charge in [0.1, 0.15) is 0 Å². The summed E-state index contributed by atoms with van der Waals surface area (Å²) < 4.78 is 5.43. The summed E-state index contributed by atoms with van der Waals surface area (Å²) in [5.74, 6) is 0.838. The lowest BCUT2D eigenvalue weighted by Crippen LogP contribution is -2.36. The molecule has 0 aliphatic carbocycles. The molecule has 0 spiro atoms. The van der Waals surface area contributed by atoms with E-state index in [-0.39, 0.29) is 5.60 Å². The first kappa shape index (κ1) is 15.9. The highest BCUT2D eigenvalue weighted by atomic mass is 16.5. The quantitative estimate of drug-likeness (QED) is 0.610. The summed E-state index contributed by atoms with van der Waals surface area (Å²) in [6, 6.07) is 0.536. The molecule has 0 aliphatic rings. The van der Waals surface area contributed by atoms with Crippen molar-refractivity contribution in [3.8, 4) is 0 Å². The molecule has 0 rings (SSSR count). The van der Waals surface area contributed by atoms with E-state index in [2.05, 4.69) is 39.9 Å². The number of rotatable bonds is 9. The SMILES string of the molecule is COC(C)(C)CC(C)NCCCCC(C)C. The highest BCUT2D eigenvalue weighted by Crippen LogP contribution is 2.15. The monoisotopic (exact) mass is 229 g/mol. The van der Waals surface area contributed by atoms with Crippen LogP contribution in [0.25, 0.3) is 0 Å². The van der Waals surface area contributed by atoms with Crippen LogP contribution in [0.1, 0.15) is 60.3 Å². The molecule has 2 heteroatoms. The zero-order valence-electron chi connectivity index (χ0n) is 12.1. The van der Waals surface area contributed by atoms with Crippen LogP contribution in [0.5, 0.6) is 0 Å². The van der Waals surface area contributed by atoms with Crippen molar-refractivity contribution in [2.24, 2.45) is 5.92 Å². The number of methoxy groups -OCH3 is 1. The third-order valence-electron chi connectivity index (χ3n) is 3.05. The van der Waals surface area contributed by atoms with Crippen LogP contribution in [-0.4, -0.2) is 25.3 Å². The smallest absolute Gasteiger partial charge is 0.0637 e. The molecule has 2 nitrogen and oxygen atoms in total. The van der Waals surface area contributed by atoms with Crippen molar-refractivity contribution >= 4 is 0 Å². The molecule has 0 heterocycles. The first-order valence-electron chi connectivity index (χ1n) is 6.66. The Hall–Kier alpha value is -0.0800. The molecule has 98 valence electrons. The average Bonchev–Trinajstić information content (AvgIpc) is 2.16. The van der Waals surface area contributed by atoms with E-state index in [0.29, 0.717) is 6.04 Å². The minimum atomic E-state index is -0.00957. The molecule has 1 N–H and O–H groups in total. The molecule has 0 bridgehead atoms. The third kappa shape index (κ3) is 9.17. The Bertz CT molecular complexity index is 166. The van der Waals surface area contributed by atoms with Gasteiger partial charge in [0.2, 0.25) is 0 Å².